The molecule has 0 amide bonds. The number of hydrogen-bond donors (Lipinski definition) is 0. The first kappa shape index (κ1) is 14.3. The molecule has 0 aliphatic heterocycles. The minimum atomic E-state index is -5.52. The predicted molar refractivity (Wildman–Crippen MR) is 44.2 cm³/mol. The predicted octanol–water partition coefficient (Wildman–Crippen LogP) is 3.01. The van der Waals surface area contributed by atoms with Crippen molar-refractivity contribution in [3.05, 3.63) is 0 Å². The van der Waals surface area contributed by atoms with Crippen LogP contribution < -0.4 is 0 Å². The van der Waals surface area contributed by atoms with Gasteiger partial charge in [0.25, 0.3) is 0 Å². The molecule has 1 rings (SSSR count). The third kappa shape index (κ3) is 4.18. The summed E-state index contributed by atoms with van der Waals surface area (Å²) in [4.78, 5) is 10.9. The van der Waals surface area contributed by atoms with Crippen LogP contribution in [0.3, 0.4) is 0 Å². The van der Waals surface area contributed by atoms with Gasteiger partial charge in [-0.2, -0.15) is 26.3 Å². The van der Waals surface area contributed by atoms with Crippen molar-refractivity contribution >= 4 is 5.78 Å². The van der Waals surface area contributed by atoms with Crippen molar-refractivity contribution in [1.29, 1.82) is 0 Å². The number of hydrogen-bond acceptors (Lipinski definition) is 2. The Morgan fingerprint density at radius 3 is 2.06 bits per heavy atom. The zero-order valence-electron chi connectivity index (χ0n) is 8.57. The molecule has 1 aliphatic rings. The summed E-state index contributed by atoms with van der Waals surface area (Å²) in [5.74, 6) is -0.371. The Balaban J connectivity index is 2.70. The van der Waals surface area contributed by atoms with E-state index in [1.165, 1.54) is 0 Å². The van der Waals surface area contributed by atoms with Gasteiger partial charge in [-0.25, -0.2) is 0 Å². The highest BCUT2D eigenvalue weighted by molar-refractivity contribution is 5.79. The second-order valence-electron chi connectivity index (χ2n) is 3.86. The van der Waals surface area contributed by atoms with Gasteiger partial charge in [-0.3, -0.25) is 4.79 Å². The minimum Gasteiger partial charge on any atom is -0.357 e. The van der Waals surface area contributed by atoms with Crippen molar-refractivity contribution in [1.82, 2.24) is 0 Å². The smallest absolute Gasteiger partial charge is 0.357 e. The lowest BCUT2D eigenvalue weighted by Gasteiger charge is -2.29. The first-order chi connectivity index (χ1) is 7.60. The molecular weight excluding hydrogens is 254 g/mol. The SMILES string of the molecule is O=C1CCCC(OC(C(F)(F)F)C(F)(F)F)C1. The fourth-order valence-electron chi connectivity index (χ4n) is 1.63. The molecule has 1 saturated carbocycles. The normalized spacial score (nSPS) is 23.2. The molecule has 0 aromatic carbocycles. The Bertz CT molecular complexity index is 268. The van der Waals surface area contributed by atoms with Gasteiger partial charge < -0.3 is 4.74 Å². The largest absolute Gasteiger partial charge is 0.423 e. The summed E-state index contributed by atoms with van der Waals surface area (Å²) in [5, 5.41) is 0. The Labute approximate surface area is 92.9 Å². The second kappa shape index (κ2) is 4.83. The molecular formula is C9H10F6O2. The number of alkyl halides is 6. The second-order valence-corrected chi connectivity index (χ2v) is 3.86. The molecule has 0 aromatic rings. The highest BCUT2D eigenvalue weighted by atomic mass is 19.4. The van der Waals surface area contributed by atoms with E-state index in [4.69, 9.17) is 0 Å². The van der Waals surface area contributed by atoms with Gasteiger partial charge in [0, 0.05) is 12.8 Å². The quantitative estimate of drug-likeness (QED) is 0.717. The molecule has 1 aliphatic carbocycles. The van der Waals surface area contributed by atoms with E-state index in [0.717, 1.165) is 0 Å². The lowest BCUT2D eigenvalue weighted by Crippen LogP contribution is -2.47. The van der Waals surface area contributed by atoms with E-state index in [2.05, 4.69) is 4.74 Å². The number of carbonyl (C=O) groups is 1. The van der Waals surface area contributed by atoms with Crippen LogP contribution in [0.15, 0.2) is 0 Å². The monoisotopic (exact) mass is 264 g/mol. The number of rotatable bonds is 2. The molecule has 0 spiro atoms. The Kier molecular flexibility index (Phi) is 4.06. The fourth-order valence-corrected chi connectivity index (χ4v) is 1.63. The van der Waals surface area contributed by atoms with Gasteiger partial charge in [0.2, 0.25) is 6.10 Å². The Hall–Kier alpha value is -0.790. The number of ketones is 1. The number of ether oxygens (including phenoxy) is 1. The highest BCUT2D eigenvalue weighted by Gasteiger charge is 2.58. The summed E-state index contributed by atoms with van der Waals surface area (Å²) in [6, 6.07) is 0. The minimum absolute atomic E-state index is 0.0361. The van der Waals surface area contributed by atoms with Crippen LogP contribution in [0, 0.1) is 0 Å². The van der Waals surface area contributed by atoms with Gasteiger partial charge >= 0.3 is 12.4 Å². The maximum absolute atomic E-state index is 12.1. The maximum atomic E-state index is 12.1. The summed E-state index contributed by atoms with van der Waals surface area (Å²) in [7, 11) is 0. The highest BCUT2D eigenvalue weighted by Crippen LogP contribution is 2.37. The maximum Gasteiger partial charge on any atom is 0.423 e. The summed E-state index contributed by atoms with van der Waals surface area (Å²) in [6.45, 7) is 0. The first-order valence-electron chi connectivity index (χ1n) is 4.91. The van der Waals surface area contributed by atoms with Gasteiger partial charge in [-0.05, 0) is 12.8 Å². The molecule has 0 aromatic heterocycles. The lowest BCUT2D eigenvalue weighted by molar-refractivity contribution is -0.331. The summed E-state index contributed by atoms with van der Waals surface area (Å²) in [5.41, 5.74) is 0. The van der Waals surface area contributed by atoms with Crippen molar-refractivity contribution < 1.29 is 35.9 Å². The molecule has 2 nitrogen and oxygen atoms in total. The van der Waals surface area contributed by atoms with Crippen molar-refractivity contribution in [3.8, 4) is 0 Å². The van der Waals surface area contributed by atoms with Crippen LogP contribution in [-0.4, -0.2) is 30.3 Å². The zero-order chi connectivity index (χ0) is 13.3. The van der Waals surface area contributed by atoms with Gasteiger partial charge in [-0.15, -0.1) is 0 Å². The van der Waals surface area contributed by atoms with E-state index in [9.17, 15) is 31.1 Å². The molecule has 0 heterocycles. The topological polar surface area (TPSA) is 26.3 Å². The van der Waals surface area contributed by atoms with Gasteiger partial charge in [0.05, 0.1) is 6.10 Å². The molecule has 8 heteroatoms. The molecule has 1 fully saturated rings. The van der Waals surface area contributed by atoms with E-state index in [1.807, 2.05) is 0 Å². The average molecular weight is 264 g/mol. The summed E-state index contributed by atoms with van der Waals surface area (Å²) >= 11 is 0. The van der Waals surface area contributed by atoms with Crippen LogP contribution in [0.25, 0.3) is 0 Å². The summed E-state index contributed by atoms with van der Waals surface area (Å²) < 4.78 is 76.8. The van der Waals surface area contributed by atoms with E-state index < -0.39 is 24.6 Å². The molecule has 1 unspecified atom stereocenters. The first-order valence-corrected chi connectivity index (χ1v) is 4.91. The third-order valence-corrected chi connectivity index (χ3v) is 2.36. The zero-order valence-corrected chi connectivity index (χ0v) is 8.57. The van der Waals surface area contributed by atoms with Crippen LogP contribution in [0.2, 0.25) is 0 Å². The van der Waals surface area contributed by atoms with Crippen molar-refractivity contribution in [3.63, 3.8) is 0 Å². The number of halogens is 6. The number of Topliss-reactive ketones (excluding diaryl/α,β-unsaturated/α-hetero) is 1. The average Bonchev–Trinajstić information content (AvgIpc) is 2.10. The lowest BCUT2D eigenvalue weighted by atomic mass is 9.96. The fraction of sp³-hybridized carbons (Fsp3) is 0.889. The van der Waals surface area contributed by atoms with Gasteiger partial charge in [0.1, 0.15) is 5.78 Å². The van der Waals surface area contributed by atoms with E-state index in [1.54, 1.807) is 0 Å². The van der Waals surface area contributed by atoms with Gasteiger partial charge in [-0.1, -0.05) is 0 Å². The third-order valence-electron chi connectivity index (χ3n) is 2.36. The van der Waals surface area contributed by atoms with Crippen LogP contribution in [0.1, 0.15) is 25.7 Å². The van der Waals surface area contributed by atoms with Crippen molar-refractivity contribution in [2.75, 3.05) is 0 Å². The van der Waals surface area contributed by atoms with Crippen molar-refractivity contribution in [2.45, 2.75) is 50.2 Å². The standard InChI is InChI=1S/C9H10F6O2/c10-8(11,12)7(9(13,14)15)17-6-3-1-2-5(16)4-6/h6-7H,1-4H2. The molecule has 100 valence electrons. The molecule has 0 saturated heterocycles. The molecule has 0 bridgehead atoms. The molecule has 0 N–H and O–H groups in total. The van der Waals surface area contributed by atoms with E-state index in [-0.39, 0.29) is 31.5 Å². The van der Waals surface area contributed by atoms with Crippen LogP contribution >= 0.6 is 0 Å². The van der Waals surface area contributed by atoms with Crippen LogP contribution in [0.4, 0.5) is 26.3 Å². The Morgan fingerprint density at radius 1 is 1.12 bits per heavy atom. The summed E-state index contributed by atoms with van der Waals surface area (Å²) in [6.07, 6.45) is -16.1. The van der Waals surface area contributed by atoms with Gasteiger partial charge in [0.15, 0.2) is 0 Å². The van der Waals surface area contributed by atoms with E-state index in [0.29, 0.717) is 0 Å². The van der Waals surface area contributed by atoms with Crippen LogP contribution in [0.5, 0.6) is 0 Å². The van der Waals surface area contributed by atoms with Crippen molar-refractivity contribution in [2.24, 2.45) is 0 Å². The molecule has 1 atom stereocenters. The Morgan fingerprint density at radius 2 is 1.65 bits per heavy atom. The molecule has 17 heavy (non-hydrogen) atoms. The van der Waals surface area contributed by atoms with E-state index >= 15 is 0 Å². The number of carbonyl (C=O) groups excluding carboxylic acids is 1. The van der Waals surface area contributed by atoms with Crippen LogP contribution in [-0.2, 0) is 9.53 Å². The molecule has 0 radical (unpaired) electrons.